The molecule has 0 radical (unpaired) electrons. The molecule has 2 atom stereocenters. The zero-order valence-corrected chi connectivity index (χ0v) is 15.3. The minimum atomic E-state index is -1.09. The van der Waals surface area contributed by atoms with Crippen LogP contribution in [-0.4, -0.2) is 39.5 Å². The Labute approximate surface area is 151 Å². The highest BCUT2D eigenvalue weighted by Crippen LogP contribution is 2.38. The molecule has 1 aromatic rings. The van der Waals surface area contributed by atoms with Crippen molar-refractivity contribution in [3.63, 3.8) is 0 Å². The van der Waals surface area contributed by atoms with Gasteiger partial charge < -0.3 is 10.2 Å². The molecule has 24 heavy (non-hydrogen) atoms. The Bertz CT molecular complexity index is 624. The number of benzene rings is 1. The molecule has 1 rings (SSSR count). The van der Waals surface area contributed by atoms with Crippen molar-refractivity contribution >= 4 is 45.5 Å². The van der Waals surface area contributed by atoms with E-state index < -0.39 is 29.0 Å². The van der Waals surface area contributed by atoms with Crippen LogP contribution >= 0.6 is 27.7 Å². The molecule has 9 heteroatoms. The Morgan fingerprint density at radius 3 is 2.42 bits per heavy atom. The highest BCUT2D eigenvalue weighted by molar-refractivity contribution is 9.10. The van der Waals surface area contributed by atoms with Gasteiger partial charge in [0.1, 0.15) is 0 Å². The Morgan fingerprint density at radius 2 is 1.92 bits per heavy atom. The van der Waals surface area contributed by atoms with Crippen LogP contribution in [0, 0.1) is 5.92 Å². The number of thioether (sulfide) groups is 1. The van der Waals surface area contributed by atoms with Crippen molar-refractivity contribution in [3.05, 3.63) is 33.8 Å². The fraction of sp³-hybridized carbons (Fsp3) is 0.400. The molecule has 0 heterocycles. The number of hydrogen-bond donors (Lipinski definition) is 4. The zero-order valence-electron chi connectivity index (χ0n) is 12.9. The number of aliphatic carboxylic acids is 1. The molecule has 1 amide bonds. The smallest absolute Gasteiger partial charge is 0.335 e. The average Bonchev–Trinajstić information content (AvgIpc) is 2.52. The molecular weight excluding hydrogens is 402 g/mol. The topological polar surface area (TPSA) is 124 Å². The standard InChI is InChI=1S/C15H18BrNO6S/c1-24-13(8-5-9(14(19)20)7-10(16)6-8)11(15(21)22)3-2-4-12(18)17-23/h5-7,11,13,23H,2-4H2,1H3,(H,17,18)(H,19,20)(H,21,22). The summed E-state index contributed by atoms with van der Waals surface area (Å²) in [6.07, 6.45) is 2.28. The van der Waals surface area contributed by atoms with Gasteiger partial charge >= 0.3 is 11.9 Å². The summed E-state index contributed by atoms with van der Waals surface area (Å²) in [6.45, 7) is 0. The van der Waals surface area contributed by atoms with E-state index in [2.05, 4.69) is 15.9 Å². The number of hydrogen-bond acceptors (Lipinski definition) is 5. The van der Waals surface area contributed by atoms with Gasteiger partial charge in [0.2, 0.25) is 5.91 Å². The summed E-state index contributed by atoms with van der Waals surface area (Å²) in [4.78, 5) is 33.9. The summed E-state index contributed by atoms with van der Waals surface area (Å²) in [6, 6.07) is 4.61. The van der Waals surface area contributed by atoms with Gasteiger partial charge in [-0.2, -0.15) is 11.8 Å². The third-order valence-corrected chi connectivity index (χ3v) is 5.04. The number of nitrogens with one attached hydrogen (secondary N) is 1. The van der Waals surface area contributed by atoms with Crippen molar-refractivity contribution < 1.29 is 29.8 Å². The average molecular weight is 420 g/mol. The SMILES string of the molecule is CSC(c1cc(Br)cc(C(=O)O)c1)C(CCCC(=O)NO)C(=O)O. The molecule has 0 fully saturated rings. The second-order valence-corrected chi connectivity index (χ2v) is 7.00. The molecule has 0 saturated heterocycles. The second kappa shape index (κ2) is 9.65. The number of amides is 1. The van der Waals surface area contributed by atoms with Gasteiger partial charge in [-0.3, -0.25) is 14.8 Å². The van der Waals surface area contributed by atoms with E-state index in [1.165, 1.54) is 29.4 Å². The van der Waals surface area contributed by atoms with Gasteiger partial charge in [-0.1, -0.05) is 15.9 Å². The van der Waals surface area contributed by atoms with Gasteiger partial charge in [0.05, 0.1) is 11.5 Å². The van der Waals surface area contributed by atoms with Crippen molar-refractivity contribution in [2.75, 3.05) is 6.26 Å². The van der Waals surface area contributed by atoms with Crippen molar-refractivity contribution in [3.8, 4) is 0 Å². The van der Waals surface area contributed by atoms with Crippen LogP contribution in [0.2, 0.25) is 0 Å². The monoisotopic (exact) mass is 419 g/mol. The van der Waals surface area contributed by atoms with Crippen LogP contribution in [0.3, 0.4) is 0 Å². The predicted molar refractivity (Wildman–Crippen MR) is 92.3 cm³/mol. The van der Waals surface area contributed by atoms with E-state index in [1.54, 1.807) is 12.3 Å². The van der Waals surface area contributed by atoms with Crippen LogP contribution in [0.15, 0.2) is 22.7 Å². The molecule has 0 bridgehead atoms. The Morgan fingerprint density at radius 1 is 1.25 bits per heavy atom. The van der Waals surface area contributed by atoms with Crippen LogP contribution in [0.4, 0.5) is 0 Å². The zero-order chi connectivity index (χ0) is 18.3. The Kier molecular flexibility index (Phi) is 8.23. The minimum Gasteiger partial charge on any atom is -0.481 e. The number of carboxylic acids is 2. The second-order valence-electron chi connectivity index (χ2n) is 5.11. The van der Waals surface area contributed by atoms with Gasteiger partial charge in [-0.15, -0.1) is 0 Å². The number of rotatable bonds is 9. The summed E-state index contributed by atoms with van der Waals surface area (Å²) in [7, 11) is 0. The molecule has 7 nitrogen and oxygen atoms in total. The number of aromatic carboxylic acids is 1. The maximum absolute atomic E-state index is 11.6. The summed E-state index contributed by atoms with van der Waals surface area (Å²) >= 11 is 4.55. The van der Waals surface area contributed by atoms with Gasteiger partial charge in [-0.05, 0) is 42.9 Å². The normalized spacial score (nSPS) is 13.1. The highest BCUT2D eigenvalue weighted by atomic mass is 79.9. The van der Waals surface area contributed by atoms with Gasteiger partial charge in [0.25, 0.3) is 0 Å². The molecule has 0 aliphatic rings. The summed E-state index contributed by atoms with van der Waals surface area (Å²) in [5.74, 6) is -3.47. The van der Waals surface area contributed by atoms with E-state index in [0.717, 1.165) is 0 Å². The molecule has 132 valence electrons. The summed E-state index contributed by atoms with van der Waals surface area (Å²) in [5, 5.41) is 26.7. The fourth-order valence-corrected chi connectivity index (χ4v) is 3.88. The molecule has 1 aromatic carbocycles. The van der Waals surface area contributed by atoms with Crippen LogP contribution in [0.5, 0.6) is 0 Å². The first-order chi connectivity index (χ1) is 11.3. The molecule has 4 N–H and O–H groups in total. The molecule has 2 unspecified atom stereocenters. The van der Waals surface area contributed by atoms with Crippen LogP contribution in [-0.2, 0) is 9.59 Å². The first-order valence-corrected chi connectivity index (χ1v) is 9.10. The van der Waals surface area contributed by atoms with E-state index in [-0.39, 0.29) is 18.4 Å². The molecular formula is C15H18BrNO6S. The fourth-order valence-electron chi connectivity index (χ4n) is 2.38. The van der Waals surface area contributed by atoms with Crippen molar-refractivity contribution in [2.24, 2.45) is 5.92 Å². The van der Waals surface area contributed by atoms with Gasteiger partial charge in [-0.25, -0.2) is 10.3 Å². The van der Waals surface area contributed by atoms with E-state index in [0.29, 0.717) is 16.5 Å². The van der Waals surface area contributed by atoms with Crippen molar-refractivity contribution in [1.29, 1.82) is 0 Å². The lowest BCUT2D eigenvalue weighted by Crippen LogP contribution is -2.22. The van der Waals surface area contributed by atoms with Gasteiger partial charge in [0, 0.05) is 16.1 Å². The third kappa shape index (κ3) is 5.81. The number of carbonyl (C=O) groups excluding carboxylic acids is 1. The van der Waals surface area contributed by atoms with E-state index in [1.807, 2.05) is 0 Å². The molecule has 0 aliphatic carbocycles. The van der Waals surface area contributed by atoms with Gasteiger partial charge in [0.15, 0.2) is 0 Å². The number of carbonyl (C=O) groups is 3. The highest BCUT2D eigenvalue weighted by Gasteiger charge is 2.29. The van der Waals surface area contributed by atoms with E-state index in [9.17, 15) is 19.5 Å². The quantitative estimate of drug-likeness (QED) is 0.358. The number of hydroxylamine groups is 1. The van der Waals surface area contributed by atoms with Crippen molar-refractivity contribution in [1.82, 2.24) is 5.48 Å². The van der Waals surface area contributed by atoms with Crippen LogP contribution in [0.1, 0.15) is 40.4 Å². The maximum Gasteiger partial charge on any atom is 0.335 e. The third-order valence-electron chi connectivity index (χ3n) is 3.48. The van der Waals surface area contributed by atoms with E-state index >= 15 is 0 Å². The Hall–Kier alpha value is -1.58. The van der Waals surface area contributed by atoms with Crippen LogP contribution < -0.4 is 5.48 Å². The number of carboxylic acid groups (broad SMARTS) is 2. The lowest BCUT2D eigenvalue weighted by atomic mass is 9.92. The molecule has 0 aliphatic heterocycles. The molecule has 0 spiro atoms. The lowest BCUT2D eigenvalue weighted by Gasteiger charge is -2.23. The first kappa shape index (κ1) is 20.5. The Balaban J connectivity index is 3.04. The number of halogens is 1. The molecule has 0 saturated carbocycles. The lowest BCUT2D eigenvalue weighted by molar-refractivity contribution is -0.142. The summed E-state index contributed by atoms with van der Waals surface area (Å²) < 4.78 is 0.556. The van der Waals surface area contributed by atoms with Crippen LogP contribution in [0.25, 0.3) is 0 Å². The largest absolute Gasteiger partial charge is 0.481 e. The van der Waals surface area contributed by atoms with E-state index in [4.69, 9.17) is 10.3 Å². The molecule has 0 aromatic heterocycles. The first-order valence-electron chi connectivity index (χ1n) is 7.02. The van der Waals surface area contributed by atoms with Crippen molar-refractivity contribution in [2.45, 2.75) is 24.5 Å². The minimum absolute atomic E-state index is 0.0141. The summed E-state index contributed by atoms with van der Waals surface area (Å²) in [5.41, 5.74) is 2.17. The maximum atomic E-state index is 11.6. The predicted octanol–water partition coefficient (Wildman–Crippen LogP) is 2.93.